The van der Waals surface area contributed by atoms with Gasteiger partial charge in [0.2, 0.25) is 0 Å². The molecule has 0 spiro atoms. The quantitative estimate of drug-likeness (QED) is 0.696. The molecule has 0 radical (unpaired) electrons. The second-order valence-corrected chi connectivity index (χ2v) is 8.88. The van der Waals surface area contributed by atoms with E-state index in [0.29, 0.717) is 50.3 Å². The summed E-state index contributed by atoms with van der Waals surface area (Å²) in [5.74, 6) is 0.547. The lowest BCUT2D eigenvalue weighted by Crippen LogP contribution is -2.40. The first-order valence-corrected chi connectivity index (χ1v) is 10.7. The molecule has 0 N–H and O–H groups in total. The van der Waals surface area contributed by atoms with E-state index in [1.165, 1.54) is 0 Å². The van der Waals surface area contributed by atoms with Crippen LogP contribution < -0.4 is 0 Å². The minimum Gasteiger partial charge on any atom is -0.352 e. The van der Waals surface area contributed by atoms with Crippen LogP contribution in [0.4, 0.5) is 8.78 Å². The van der Waals surface area contributed by atoms with Crippen LogP contribution in [0.5, 0.6) is 0 Å². The second kappa shape index (κ2) is 9.33. The van der Waals surface area contributed by atoms with Crippen LogP contribution in [0.25, 0.3) is 0 Å². The highest BCUT2D eigenvalue weighted by Gasteiger charge is 2.36. The largest absolute Gasteiger partial charge is 0.352 e. The van der Waals surface area contributed by atoms with E-state index in [0.717, 1.165) is 25.7 Å². The number of hydrogen-bond donors (Lipinski definition) is 0. The molecule has 1 atom stereocenters. The molecule has 2 aliphatic carbocycles. The summed E-state index contributed by atoms with van der Waals surface area (Å²) >= 11 is 0. The Balaban J connectivity index is 1.26. The normalized spacial score (nSPS) is 42.6. The van der Waals surface area contributed by atoms with Crippen molar-refractivity contribution >= 4 is 0 Å². The van der Waals surface area contributed by atoms with Crippen molar-refractivity contribution in [2.75, 3.05) is 33.1 Å². The molecule has 0 aromatic rings. The summed E-state index contributed by atoms with van der Waals surface area (Å²) in [5.41, 5.74) is 0.681. The molecule has 0 amide bonds. The second-order valence-electron chi connectivity index (χ2n) is 8.88. The lowest BCUT2D eigenvalue weighted by molar-refractivity contribution is -0.224. The summed E-state index contributed by atoms with van der Waals surface area (Å²) in [6, 6.07) is 0. The molecule has 158 valence electrons. The molecule has 1 saturated carbocycles. The van der Waals surface area contributed by atoms with Gasteiger partial charge < -0.3 is 18.9 Å². The predicted molar refractivity (Wildman–Crippen MR) is 101 cm³/mol. The summed E-state index contributed by atoms with van der Waals surface area (Å²) in [5, 5.41) is 0. The average molecular weight is 398 g/mol. The maximum atomic E-state index is 14.8. The zero-order valence-electron chi connectivity index (χ0n) is 16.7. The Morgan fingerprint density at radius 1 is 0.929 bits per heavy atom. The molecule has 0 aromatic heterocycles. The van der Waals surface area contributed by atoms with Gasteiger partial charge in [-0.05, 0) is 49.7 Å². The van der Waals surface area contributed by atoms with E-state index in [9.17, 15) is 8.78 Å². The van der Waals surface area contributed by atoms with Crippen LogP contribution in [0.3, 0.4) is 0 Å². The van der Waals surface area contributed by atoms with E-state index >= 15 is 0 Å². The Labute approximate surface area is 166 Å². The fraction of sp³-hybridized carbons (Fsp3) is 0.818. The first kappa shape index (κ1) is 20.5. The van der Waals surface area contributed by atoms with E-state index in [4.69, 9.17) is 18.9 Å². The van der Waals surface area contributed by atoms with Crippen molar-refractivity contribution in [2.45, 2.75) is 51.6 Å². The molecule has 1 unspecified atom stereocenters. The fourth-order valence-electron chi connectivity index (χ4n) is 4.71. The van der Waals surface area contributed by atoms with Gasteiger partial charge in [0, 0.05) is 23.7 Å². The molecular formula is C22H32F2O4. The van der Waals surface area contributed by atoms with Crippen molar-refractivity contribution in [3.63, 3.8) is 0 Å². The third-order valence-electron chi connectivity index (χ3n) is 6.54. The van der Waals surface area contributed by atoms with E-state index in [2.05, 4.69) is 6.92 Å². The molecule has 2 heterocycles. The predicted octanol–water partition coefficient (Wildman–Crippen LogP) is 4.56. The Morgan fingerprint density at radius 3 is 2.18 bits per heavy atom. The topological polar surface area (TPSA) is 36.9 Å². The van der Waals surface area contributed by atoms with Crippen LogP contribution in [-0.4, -0.2) is 45.7 Å². The summed E-state index contributed by atoms with van der Waals surface area (Å²) < 4.78 is 50.9. The van der Waals surface area contributed by atoms with E-state index in [1.54, 1.807) is 6.08 Å². The van der Waals surface area contributed by atoms with Gasteiger partial charge in [-0.1, -0.05) is 13.0 Å². The first-order chi connectivity index (χ1) is 13.6. The van der Waals surface area contributed by atoms with E-state index in [-0.39, 0.29) is 42.8 Å². The molecular weight excluding hydrogens is 366 g/mol. The highest BCUT2D eigenvalue weighted by Crippen LogP contribution is 2.38. The van der Waals surface area contributed by atoms with Gasteiger partial charge in [0.15, 0.2) is 12.6 Å². The van der Waals surface area contributed by atoms with E-state index < -0.39 is 0 Å². The van der Waals surface area contributed by atoms with Crippen LogP contribution in [-0.2, 0) is 18.9 Å². The minimum atomic E-state index is -0.359. The minimum absolute atomic E-state index is 0.0798. The van der Waals surface area contributed by atoms with Crippen molar-refractivity contribution in [1.29, 1.82) is 0 Å². The number of alkyl halides is 1. The molecule has 2 saturated heterocycles. The maximum Gasteiger partial charge on any atom is 0.164 e. The Bertz CT molecular complexity index is 569. The van der Waals surface area contributed by atoms with Crippen molar-refractivity contribution in [3.8, 4) is 0 Å². The Morgan fingerprint density at radius 2 is 1.57 bits per heavy atom. The number of rotatable bonds is 4. The SMILES string of the molecule is CC1COC(C2C=C(F)C(C3COC(C4CCC(CF)CC4)OC3)=CC2)OC1. The lowest BCUT2D eigenvalue weighted by Gasteiger charge is -2.38. The van der Waals surface area contributed by atoms with Crippen LogP contribution in [0.1, 0.15) is 39.0 Å². The first-order valence-electron chi connectivity index (χ1n) is 10.7. The Hall–Kier alpha value is -0.820. The highest BCUT2D eigenvalue weighted by molar-refractivity contribution is 5.32. The zero-order valence-corrected chi connectivity index (χ0v) is 16.7. The van der Waals surface area contributed by atoms with Gasteiger partial charge in [-0.3, -0.25) is 4.39 Å². The van der Waals surface area contributed by atoms with Gasteiger partial charge >= 0.3 is 0 Å². The monoisotopic (exact) mass is 398 g/mol. The van der Waals surface area contributed by atoms with Crippen LogP contribution in [0, 0.1) is 29.6 Å². The lowest BCUT2D eigenvalue weighted by atomic mass is 9.82. The smallest absolute Gasteiger partial charge is 0.164 e. The number of hydrogen-bond acceptors (Lipinski definition) is 4. The summed E-state index contributed by atoms with van der Waals surface area (Å²) in [4.78, 5) is 0. The summed E-state index contributed by atoms with van der Waals surface area (Å²) in [6.45, 7) is 4.11. The molecule has 6 heteroatoms. The van der Waals surface area contributed by atoms with Crippen molar-refractivity contribution < 1.29 is 27.7 Å². The molecule has 28 heavy (non-hydrogen) atoms. The van der Waals surface area contributed by atoms with E-state index in [1.807, 2.05) is 6.08 Å². The van der Waals surface area contributed by atoms with Crippen LogP contribution >= 0.6 is 0 Å². The summed E-state index contributed by atoms with van der Waals surface area (Å²) in [7, 11) is 0. The average Bonchev–Trinajstić information content (AvgIpc) is 2.74. The third-order valence-corrected chi connectivity index (χ3v) is 6.54. The van der Waals surface area contributed by atoms with Gasteiger partial charge in [0.25, 0.3) is 0 Å². The fourth-order valence-corrected chi connectivity index (χ4v) is 4.71. The van der Waals surface area contributed by atoms with Crippen LogP contribution in [0.2, 0.25) is 0 Å². The summed E-state index contributed by atoms with van der Waals surface area (Å²) in [6.07, 6.45) is 7.41. The third kappa shape index (κ3) is 4.66. The standard InChI is InChI=1S/C22H32F2O4/c1-14-10-25-22(26-11-14)17-6-7-19(20(24)8-17)18-12-27-21(28-13-18)16-4-2-15(9-23)3-5-16/h7-8,14-18,21-22H,2-6,9-13H2,1H3. The molecule has 0 bridgehead atoms. The molecule has 0 aromatic carbocycles. The molecule has 4 aliphatic rings. The number of ether oxygens (including phenoxy) is 4. The molecule has 4 nitrogen and oxygen atoms in total. The van der Waals surface area contributed by atoms with Gasteiger partial charge in [0.1, 0.15) is 5.83 Å². The van der Waals surface area contributed by atoms with Gasteiger partial charge in [-0.2, -0.15) is 0 Å². The zero-order chi connectivity index (χ0) is 19.5. The highest BCUT2D eigenvalue weighted by atomic mass is 19.1. The molecule has 2 aliphatic heterocycles. The number of halogens is 2. The van der Waals surface area contributed by atoms with Crippen molar-refractivity contribution in [1.82, 2.24) is 0 Å². The molecule has 3 fully saturated rings. The van der Waals surface area contributed by atoms with Gasteiger partial charge in [-0.15, -0.1) is 0 Å². The molecule has 4 rings (SSSR count). The van der Waals surface area contributed by atoms with Crippen LogP contribution in [0.15, 0.2) is 23.6 Å². The van der Waals surface area contributed by atoms with Gasteiger partial charge in [0.05, 0.1) is 33.1 Å². The van der Waals surface area contributed by atoms with Gasteiger partial charge in [-0.25, -0.2) is 4.39 Å². The van der Waals surface area contributed by atoms with Crippen molar-refractivity contribution in [3.05, 3.63) is 23.6 Å². The number of allylic oxidation sites excluding steroid dienone is 2. The van der Waals surface area contributed by atoms with Crippen molar-refractivity contribution in [2.24, 2.45) is 29.6 Å². The maximum absolute atomic E-state index is 14.8. The Kier molecular flexibility index (Phi) is 6.81.